The van der Waals surface area contributed by atoms with Crippen molar-refractivity contribution in [3.05, 3.63) is 36.2 Å². The summed E-state index contributed by atoms with van der Waals surface area (Å²) in [5, 5.41) is 2.94. The largest absolute Gasteiger partial charge is 0.444 e. The summed E-state index contributed by atoms with van der Waals surface area (Å²) in [6.45, 7) is 5.90. The maximum atomic E-state index is 12.4. The van der Waals surface area contributed by atoms with Gasteiger partial charge < -0.3 is 9.73 Å². The molecule has 0 aliphatic carbocycles. The lowest BCUT2D eigenvalue weighted by Crippen LogP contribution is -2.28. The minimum absolute atomic E-state index is 0.0398. The molecule has 0 radical (unpaired) electrons. The molecule has 8 heteroatoms. The predicted molar refractivity (Wildman–Crippen MR) is 78.4 cm³/mol. The summed E-state index contributed by atoms with van der Waals surface area (Å²) in [7, 11) is -3.77. The molecule has 114 valence electrons. The molecule has 21 heavy (non-hydrogen) atoms. The molecule has 7 nitrogen and oxygen atoms in total. The number of anilines is 1. The van der Waals surface area contributed by atoms with Crippen LogP contribution in [0.15, 0.2) is 34.0 Å². The highest BCUT2D eigenvalue weighted by Crippen LogP contribution is 2.21. The average Bonchev–Trinajstić information content (AvgIpc) is 2.86. The molecule has 2 aromatic heterocycles. The Balaban J connectivity index is 2.26. The molecule has 0 bridgehead atoms. The maximum Gasteiger partial charge on any atom is 0.260 e. The van der Waals surface area contributed by atoms with Crippen LogP contribution in [-0.4, -0.2) is 24.9 Å². The molecule has 1 atom stereocenters. The van der Waals surface area contributed by atoms with Crippen LogP contribution in [0.3, 0.4) is 0 Å². The van der Waals surface area contributed by atoms with Gasteiger partial charge in [-0.2, -0.15) is 4.72 Å². The number of rotatable bonds is 6. The van der Waals surface area contributed by atoms with Gasteiger partial charge in [0.15, 0.2) is 5.03 Å². The Morgan fingerprint density at radius 3 is 2.76 bits per heavy atom. The summed E-state index contributed by atoms with van der Waals surface area (Å²) < 4.78 is 32.7. The number of oxazole rings is 1. The van der Waals surface area contributed by atoms with Crippen molar-refractivity contribution in [1.29, 1.82) is 0 Å². The van der Waals surface area contributed by atoms with E-state index in [0.29, 0.717) is 23.9 Å². The Labute approximate surface area is 123 Å². The molecular formula is C13H18N4O3S. The van der Waals surface area contributed by atoms with E-state index in [0.717, 1.165) is 0 Å². The summed E-state index contributed by atoms with van der Waals surface area (Å²) >= 11 is 0. The van der Waals surface area contributed by atoms with E-state index in [9.17, 15) is 8.42 Å². The zero-order chi connectivity index (χ0) is 15.5. The van der Waals surface area contributed by atoms with Gasteiger partial charge in [-0.25, -0.2) is 18.4 Å². The van der Waals surface area contributed by atoms with Gasteiger partial charge in [-0.05, 0) is 32.9 Å². The lowest BCUT2D eigenvalue weighted by atomic mass is 10.4. The highest BCUT2D eigenvalue weighted by atomic mass is 32.2. The molecule has 0 spiro atoms. The zero-order valence-electron chi connectivity index (χ0n) is 12.1. The van der Waals surface area contributed by atoms with Gasteiger partial charge in [-0.1, -0.05) is 0 Å². The van der Waals surface area contributed by atoms with Crippen molar-refractivity contribution in [2.24, 2.45) is 0 Å². The second-order valence-corrected chi connectivity index (χ2v) is 6.17. The maximum absolute atomic E-state index is 12.4. The van der Waals surface area contributed by atoms with E-state index >= 15 is 0 Å². The standard InChI is InChI=1S/C13H18N4O3S/c1-4-14-11-6-5-7-15-13(11)21(18,19)17-10(3)12-16-8-9(2)20-12/h5-8,10,14,17H,4H2,1-3H3. The fraction of sp³-hybridized carbons (Fsp3) is 0.385. The summed E-state index contributed by atoms with van der Waals surface area (Å²) in [5.74, 6) is 0.944. The Hall–Kier alpha value is -1.93. The summed E-state index contributed by atoms with van der Waals surface area (Å²) in [5.41, 5.74) is 0.461. The van der Waals surface area contributed by atoms with Gasteiger partial charge in [-0.15, -0.1) is 0 Å². The molecule has 1 unspecified atom stereocenters. The lowest BCUT2D eigenvalue weighted by molar-refractivity contribution is 0.427. The molecule has 0 aliphatic rings. The monoisotopic (exact) mass is 310 g/mol. The summed E-state index contributed by atoms with van der Waals surface area (Å²) in [4.78, 5) is 7.98. The molecule has 2 aromatic rings. The van der Waals surface area contributed by atoms with Gasteiger partial charge in [-0.3, -0.25) is 0 Å². The Morgan fingerprint density at radius 2 is 2.14 bits per heavy atom. The second kappa shape index (κ2) is 6.23. The highest BCUT2D eigenvalue weighted by molar-refractivity contribution is 7.89. The SMILES string of the molecule is CCNc1cccnc1S(=O)(=O)NC(C)c1ncc(C)o1. The minimum atomic E-state index is -3.77. The van der Waals surface area contributed by atoms with Crippen LogP contribution in [0.1, 0.15) is 31.5 Å². The molecule has 0 fully saturated rings. The normalized spacial score (nSPS) is 13.1. The zero-order valence-corrected chi connectivity index (χ0v) is 12.9. The Kier molecular flexibility index (Phi) is 4.59. The number of nitrogens with one attached hydrogen (secondary N) is 2. The van der Waals surface area contributed by atoms with E-state index in [2.05, 4.69) is 20.0 Å². The minimum Gasteiger partial charge on any atom is -0.444 e. The first-order chi connectivity index (χ1) is 9.94. The molecule has 2 heterocycles. The number of hydrogen-bond donors (Lipinski definition) is 2. The van der Waals surface area contributed by atoms with E-state index in [1.807, 2.05) is 6.92 Å². The van der Waals surface area contributed by atoms with Crippen molar-refractivity contribution in [3.8, 4) is 0 Å². The topological polar surface area (TPSA) is 97.1 Å². The van der Waals surface area contributed by atoms with Crippen LogP contribution in [0.2, 0.25) is 0 Å². The van der Waals surface area contributed by atoms with E-state index in [-0.39, 0.29) is 5.03 Å². The first-order valence-corrected chi connectivity index (χ1v) is 8.06. The van der Waals surface area contributed by atoms with Crippen LogP contribution in [0.25, 0.3) is 0 Å². The van der Waals surface area contributed by atoms with E-state index < -0.39 is 16.1 Å². The van der Waals surface area contributed by atoms with Crippen LogP contribution in [-0.2, 0) is 10.0 Å². The summed E-state index contributed by atoms with van der Waals surface area (Å²) in [6.07, 6.45) is 2.99. The van der Waals surface area contributed by atoms with Crippen LogP contribution in [0.5, 0.6) is 0 Å². The second-order valence-electron chi connectivity index (χ2n) is 4.54. The van der Waals surface area contributed by atoms with Gasteiger partial charge in [0.05, 0.1) is 17.9 Å². The third-order valence-corrected chi connectivity index (χ3v) is 4.23. The Bertz CT molecular complexity index is 712. The van der Waals surface area contributed by atoms with Crippen molar-refractivity contribution in [1.82, 2.24) is 14.7 Å². The van der Waals surface area contributed by atoms with Crippen molar-refractivity contribution >= 4 is 15.7 Å². The average molecular weight is 310 g/mol. The third-order valence-electron chi connectivity index (χ3n) is 2.73. The van der Waals surface area contributed by atoms with Crippen LogP contribution < -0.4 is 10.0 Å². The lowest BCUT2D eigenvalue weighted by Gasteiger charge is -2.13. The first-order valence-electron chi connectivity index (χ1n) is 6.57. The smallest absolute Gasteiger partial charge is 0.260 e. The molecule has 2 N–H and O–H groups in total. The first kappa shape index (κ1) is 15.5. The quantitative estimate of drug-likeness (QED) is 0.845. The highest BCUT2D eigenvalue weighted by Gasteiger charge is 2.24. The number of pyridine rings is 1. The van der Waals surface area contributed by atoms with Crippen molar-refractivity contribution < 1.29 is 12.8 Å². The van der Waals surface area contributed by atoms with Crippen LogP contribution >= 0.6 is 0 Å². The van der Waals surface area contributed by atoms with Crippen LogP contribution in [0, 0.1) is 6.92 Å². The van der Waals surface area contributed by atoms with Gasteiger partial charge in [0, 0.05) is 12.7 Å². The Morgan fingerprint density at radius 1 is 1.38 bits per heavy atom. The molecule has 0 aromatic carbocycles. The van der Waals surface area contributed by atoms with E-state index in [4.69, 9.17) is 4.42 Å². The number of nitrogens with zero attached hydrogens (tertiary/aromatic N) is 2. The fourth-order valence-electron chi connectivity index (χ4n) is 1.84. The van der Waals surface area contributed by atoms with E-state index in [1.54, 1.807) is 32.2 Å². The van der Waals surface area contributed by atoms with Gasteiger partial charge in [0.1, 0.15) is 5.76 Å². The predicted octanol–water partition coefficient (Wildman–Crippen LogP) is 1.85. The fourth-order valence-corrected chi connectivity index (χ4v) is 3.15. The number of aromatic nitrogens is 2. The number of aryl methyl sites for hydroxylation is 1. The number of sulfonamides is 1. The van der Waals surface area contributed by atoms with Crippen molar-refractivity contribution in [2.75, 3.05) is 11.9 Å². The van der Waals surface area contributed by atoms with Gasteiger partial charge in [0.2, 0.25) is 5.89 Å². The third kappa shape index (κ3) is 3.59. The van der Waals surface area contributed by atoms with E-state index in [1.165, 1.54) is 6.20 Å². The van der Waals surface area contributed by atoms with Crippen LogP contribution in [0.4, 0.5) is 5.69 Å². The van der Waals surface area contributed by atoms with Gasteiger partial charge >= 0.3 is 0 Å². The van der Waals surface area contributed by atoms with Crippen molar-refractivity contribution in [2.45, 2.75) is 31.8 Å². The molecule has 2 rings (SSSR count). The molecular weight excluding hydrogens is 292 g/mol. The summed E-state index contributed by atoms with van der Waals surface area (Å²) in [6, 6.07) is 2.77. The van der Waals surface area contributed by atoms with Gasteiger partial charge in [0.25, 0.3) is 10.0 Å². The molecule has 0 saturated carbocycles. The molecule has 0 aliphatic heterocycles. The molecule has 0 saturated heterocycles. The number of hydrogen-bond acceptors (Lipinski definition) is 6. The molecule has 0 amide bonds. The van der Waals surface area contributed by atoms with Crippen molar-refractivity contribution in [3.63, 3.8) is 0 Å².